The van der Waals surface area contributed by atoms with Crippen molar-refractivity contribution in [3.05, 3.63) is 0 Å². The molecule has 5 heteroatoms. The van der Waals surface area contributed by atoms with Gasteiger partial charge in [0.25, 0.3) is 0 Å². The Morgan fingerprint density at radius 3 is 2.18 bits per heavy atom. The van der Waals surface area contributed by atoms with Crippen molar-refractivity contribution in [2.24, 2.45) is 5.92 Å². The van der Waals surface area contributed by atoms with Crippen LogP contribution < -0.4 is 5.32 Å². The van der Waals surface area contributed by atoms with Crippen molar-refractivity contribution in [2.45, 2.75) is 31.7 Å². The quantitative estimate of drug-likeness (QED) is 0.769. The summed E-state index contributed by atoms with van der Waals surface area (Å²) in [6.45, 7) is 1.49. The fraction of sp³-hybridized carbons (Fsp3) is 0.833. The first-order valence-corrected chi connectivity index (χ1v) is 6.34. The van der Waals surface area contributed by atoms with Gasteiger partial charge in [-0.2, -0.15) is 0 Å². The Kier molecular flexibility index (Phi) is 3.54. The largest absolute Gasteiger partial charge is 0.353 e. The summed E-state index contributed by atoms with van der Waals surface area (Å²) in [5, 5.41) is 3.08. The van der Waals surface area contributed by atoms with Crippen LogP contribution in [0.1, 0.15) is 25.7 Å². The van der Waals surface area contributed by atoms with Crippen molar-refractivity contribution in [2.75, 3.05) is 27.2 Å². The van der Waals surface area contributed by atoms with Crippen LogP contribution in [0.2, 0.25) is 0 Å². The van der Waals surface area contributed by atoms with Crippen LogP contribution >= 0.6 is 0 Å². The Morgan fingerprint density at radius 1 is 1.12 bits per heavy atom. The smallest absolute Gasteiger partial charge is 0.319 e. The average molecular weight is 239 g/mol. The first kappa shape index (κ1) is 12.2. The van der Waals surface area contributed by atoms with Crippen LogP contribution in [0.15, 0.2) is 0 Å². The standard InChI is InChI=1S/C12H21N3O2/c1-14(2)12(17)15-7-5-10(6-8-15)13-11(16)9-3-4-9/h9-10H,3-8H2,1-2H3,(H,13,16). The average Bonchev–Trinajstić information content (AvgIpc) is 3.12. The lowest BCUT2D eigenvalue weighted by Gasteiger charge is -2.33. The molecule has 0 atom stereocenters. The predicted molar refractivity (Wildman–Crippen MR) is 64.5 cm³/mol. The third-order valence-corrected chi connectivity index (χ3v) is 3.44. The van der Waals surface area contributed by atoms with Crippen molar-refractivity contribution >= 4 is 11.9 Å². The molecule has 2 fully saturated rings. The molecular formula is C12H21N3O2. The summed E-state index contributed by atoms with van der Waals surface area (Å²) in [5.41, 5.74) is 0. The van der Waals surface area contributed by atoms with E-state index in [9.17, 15) is 9.59 Å². The van der Waals surface area contributed by atoms with E-state index in [2.05, 4.69) is 5.32 Å². The Balaban J connectivity index is 1.73. The lowest BCUT2D eigenvalue weighted by atomic mass is 10.1. The molecule has 1 saturated heterocycles. The van der Waals surface area contributed by atoms with Crippen LogP contribution in [0.4, 0.5) is 4.79 Å². The van der Waals surface area contributed by atoms with Crippen LogP contribution in [0.3, 0.4) is 0 Å². The van der Waals surface area contributed by atoms with Crippen LogP contribution in [-0.4, -0.2) is 55.0 Å². The second kappa shape index (κ2) is 4.94. The monoisotopic (exact) mass is 239 g/mol. The van der Waals surface area contributed by atoms with Gasteiger partial charge >= 0.3 is 6.03 Å². The molecule has 1 aliphatic carbocycles. The molecule has 1 N–H and O–H groups in total. The van der Waals surface area contributed by atoms with Gasteiger partial charge in [0.15, 0.2) is 0 Å². The molecule has 17 heavy (non-hydrogen) atoms. The van der Waals surface area contributed by atoms with E-state index in [0.717, 1.165) is 38.8 Å². The molecule has 3 amide bonds. The minimum atomic E-state index is 0.0666. The van der Waals surface area contributed by atoms with Crippen LogP contribution in [-0.2, 0) is 4.79 Å². The van der Waals surface area contributed by atoms with E-state index in [4.69, 9.17) is 0 Å². The summed E-state index contributed by atoms with van der Waals surface area (Å²) in [6.07, 6.45) is 3.84. The molecule has 0 unspecified atom stereocenters. The molecule has 2 rings (SSSR count). The highest BCUT2D eigenvalue weighted by molar-refractivity contribution is 5.81. The van der Waals surface area contributed by atoms with Gasteiger partial charge < -0.3 is 15.1 Å². The lowest BCUT2D eigenvalue weighted by molar-refractivity contribution is -0.123. The minimum Gasteiger partial charge on any atom is -0.353 e. The van der Waals surface area contributed by atoms with Crippen molar-refractivity contribution < 1.29 is 9.59 Å². The zero-order valence-corrected chi connectivity index (χ0v) is 10.6. The maximum atomic E-state index is 11.7. The highest BCUT2D eigenvalue weighted by Crippen LogP contribution is 2.29. The zero-order valence-electron chi connectivity index (χ0n) is 10.6. The van der Waals surface area contributed by atoms with Gasteiger partial charge in [-0.25, -0.2) is 4.79 Å². The van der Waals surface area contributed by atoms with Gasteiger partial charge in [-0.1, -0.05) is 0 Å². The van der Waals surface area contributed by atoms with E-state index in [1.807, 2.05) is 4.90 Å². The van der Waals surface area contributed by atoms with Crippen molar-refractivity contribution in [3.8, 4) is 0 Å². The topological polar surface area (TPSA) is 52.7 Å². The molecule has 1 aliphatic heterocycles. The molecule has 0 radical (unpaired) electrons. The van der Waals surface area contributed by atoms with Gasteiger partial charge in [-0.05, 0) is 25.7 Å². The van der Waals surface area contributed by atoms with E-state index >= 15 is 0 Å². The number of carbonyl (C=O) groups is 2. The number of likely N-dealkylation sites (tertiary alicyclic amines) is 1. The van der Waals surface area contributed by atoms with Gasteiger partial charge in [0.1, 0.15) is 0 Å². The fourth-order valence-electron chi connectivity index (χ4n) is 2.16. The SMILES string of the molecule is CN(C)C(=O)N1CCC(NC(=O)C2CC2)CC1. The molecule has 1 saturated carbocycles. The highest BCUT2D eigenvalue weighted by Gasteiger charge is 2.32. The number of nitrogens with zero attached hydrogens (tertiary/aromatic N) is 2. The number of rotatable bonds is 2. The summed E-state index contributed by atoms with van der Waals surface area (Å²) in [6, 6.07) is 0.325. The third-order valence-electron chi connectivity index (χ3n) is 3.44. The van der Waals surface area contributed by atoms with E-state index in [1.165, 1.54) is 0 Å². The maximum absolute atomic E-state index is 11.7. The first-order valence-electron chi connectivity index (χ1n) is 6.34. The second-order valence-electron chi connectivity index (χ2n) is 5.22. The molecule has 2 aliphatic rings. The number of carbonyl (C=O) groups excluding carboxylic acids is 2. The van der Waals surface area contributed by atoms with E-state index < -0.39 is 0 Å². The summed E-state index contributed by atoms with van der Waals surface area (Å²) >= 11 is 0. The molecule has 0 aromatic carbocycles. The number of hydrogen-bond donors (Lipinski definition) is 1. The minimum absolute atomic E-state index is 0.0666. The summed E-state index contributed by atoms with van der Waals surface area (Å²) in [7, 11) is 3.53. The van der Waals surface area contributed by atoms with Gasteiger partial charge in [0.2, 0.25) is 5.91 Å². The third kappa shape index (κ3) is 3.11. The van der Waals surface area contributed by atoms with Crippen molar-refractivity contribution in [1.29, 1.82) is 0 Å². The molecule has 1 heterocycles. The van der Waals surface area contributed by atoms with Crippen molar-refractivity contribution in [3.63, 3.8) is 0 Å². The van der Waals surface area contributed by atoms with E-state index in [1.54, 1.807) is 19.0 Å². The molecule has 0 aromatic rings. The predicted octanol–water partition coefficient (Wildman–Crippen LogP) is 0.659. The normalized spacial score (nSPS) is 21.2. The molecule has 0 bridgehead atoms. The number of nitrogens with one attached hydrogen (secondary N) is 1. The van der Waals surface area contributed by atoms with E-state index in [0.29, 0.717) is 0 Å². The Morgan fingerprint density at radius 2 is 1.71 bits per heavy atom. The van der Waals surface area contributed by atoms with Gasteiger partial charge in [0.05, 0.1) is 0 Å². The number of piperidine rings is 1. The second-order valence-corrected chi connectivity index (χ2v) is 5.22. The number of amides is 3. The molecule has 0 spiro atoms. The summed E-state index contributed by atoms with van der Waals surface area (Å²) < 4.78 is 0. The highest BCUT2D eigenvalue weighted by atomic mass is 16.2. The van der Waals surface area contributed by atoms with Crippen LogP contribution in [0.25, 0.3) is 0 Å². The molecule has 5 nitrogen and oxygen atoms in total. The van der Waals surface area contributed by atoms with Gasteiger partial charge in [0, 0.05) is 39.1 Å². The summed E-state index contributed by atoms with van der Waals surface area (Å²) in [4.78, 5) is 26.8. The van der Waals surface area contributed by atoms with Crippen LogP contribution in [0, 0.1) is 5.92 Å². The first-order chi connectivity index (χ1) is 8.08. The number of hydrogen-bond acceptors (Lipinski definition) is 2. The lowest BCUT2D eigenvalue weighted by Crippen LogP contribution is -2.49. The van der Waals surface area contributed by atoms with E-state index in [-0.39, 0.29) is 23.9 Å². The van der Waals surface area contributed by atoms with Gasteiger partial charge in [-0.15, -0.1) is 0 Å². The number of urea groups is 1. The Labute approximate surface area is 102 Å². The molecule has 0 aromatic heterocycles. The van der Waals surface area contributed by atoms with Crippen molar-refractivity contribution in [1.82, 2.24) is 15.1 Å². The molecule has 96 valence electrons. The Bertz CT molecular complexity index is 305. The fourth-order valence-corrected chi connectivity index (χ4v) is 2.16. The van der Waals surface area contributed by atoms with Crippen LogP contribution in [0.5, 0.6) is 0 Å². The summed E-state index contributed by atoms with van der Waals surface area (Å²) in [5.74, 6) is 0.485. The molecular weight excluding hydrogens is 218 g/mol. The van der Waals surface area contributed by atoms with Gasteiger partial charge in [-0.3, -0.25) is 4.79 Å². The maximum Gasteiger partial charge on any atom is 0.319 e. The zero-order chi connectivity index (χ0) is 12.4. The Hall–Kier alpha value is -1.26.